The highest BCUT2D eigenvalue weighted by atomic mass is 32.2. The molecule has 1 aromatic rings. The van der Waals surface area contributed by atoms with Crippen molar-refractivity contribution in [3.63, 3.8) is 0 Å². The molecule has 0 radical (unpaired) electrons. The van der Waals surface area contributed by atoms with Crippen molar-refractivity contribution in [1.82, 2.24) is 10.3 Å². The minimum atomic E-state index is -4.49. The van der Waals surface area contributed by atoms with E-state index in [2.05, 4.69) is 15.4 Å². The summed E-state index contributed by atoms with van der Waals surface area (Å²) in [7, 11) is 0. The number of aliphatic imine (C=N–C) groups is 1. The molecule has 1 saturated heterocycles. The predicted octanol–water partition coefficient (Wildman–Crippen LogP) is 2.45. The molecule has 0 aromatic heterocycles. The number of nitrogens with one attached hydrogen (secondary N) is 1. The first-order chi connectivity index (χ1) is 15.6. The summed E-state index contributed by atoms with van der Waals surface area (Å²) in [5.74, 6) is -2.56. The second kappa shape index (κ2) is 9.16. The van der Waals surface area contributed by atoms with Crippen LogP contribution < -0.4 is 11.1 Å². The van der Waals surface area contributed by atoms with Crippen LogP contribution in [0.1, 0.15) is 28.3 Å². The van der Waals surface area contributed by atoms with E-state index in [1.165, 1.54) is 23.9 Å². The van der Waals surface area contributed by atoms with Crippen LogP contribution in [0.15, 0.2) is 40.6 Å². The van der Waals surface area contributed by atoms with E-state index in [0.29, 0.717) is 34.9 Å². The van der Waals surface area contributed by atoms with Crippen LogP contribution in [0.5, 0.6) is 0 Å². The first-order valence-corrected chi connectivity index (χ1v) is 11.4. The van der Waals surface area contributed by atoms with Crippen molar-refractivity contribution >= 4 is 35.0 Å². The number of carbonyl (C=O) groups is 2. The lowest BCUT2D eigenvalue weighted by Gasteiger charge is -2.28. The van der Waals surface area contributed by atoms with Crippen LogP contribution in [0.25, 0.3) is 0 Å². The number of rotatable bonds is 6. The van der Waals surface area contributed by atoms with Gasteiger partial charge in [0.1, 0.15) is 12.4 Å². The summed E-state index contributed by atoms with van der Waals surface area (Å²) in [6.45, 7) is -0.539. The smallest absolute Gasteiger partial charge is 0.366 e. The van der Waals surface area contributed by atoms with Crippen molar-refractivity contribution in [3.8, 4) is 0 Å². The minimum Gasteiger partial charge on any atom is -0.366 e. The van der Waals surface area contributed by atoms with Gasteiger partial charge in [-0.2, -0.15) is 30.0 Å². The number of fused-ring (bicyclic) bond motifs is 1. The number of amides is 2. The van der Waals surface area contributed by atoms with Crippen LogP contribution >= 0.6 is 11.8 Å². The van der Waals surface area contributed by atoms with Crippen LogP contribution in [0.4, 0.5) is 17.6 Å². The minimum absolute atomic E-state index is 0.0164. The number of hydrogen-bond donors (Lipinski definition) is 2. The van der Waals surface area contributed by atoms with Gasteiger partial charge in [0.05, 0.1) is 17.8 Å². The van der Waals surface area contributed by atoms with Crippen LogP contribution in [-0.2, 0) is 4.79 Å². The summed E-state index contributed by atoms with van der Waals surface area (Å²) in [6.07, 6.45) is -0.658. The average molecular weight is 483 g/mol. The molecular formula is C21H21F4N5O2S. The van der Waals surface area contributed by atoms with Gasteiger partial charge >= 0.3 is 6.18 Å². The van der Waals surface area contributed by atoms with E-state index in [0.717, 1.165) is 11.1 Å². The summed E-state index contributed by atoms with van der Waals surface area (Å²) in [6, 6.07) is 2.20. The number of nitrogens with zero attached hydrogens (tertiary/aromatic N) is 3. The number of halogens is 4. The maximum absolute atomic E-state index is 13.8. The number of hydrazone groups is 1. The molecule has 3 aliphatic rings. The van der Waals surface area contributed by atoms with Gasteiger partial charge in [-0.1, -0.05) is 12.1 Å². The summed E-state index contributed by atoms with van der Waals surface area (Å²) in [4.78, 5) is 28.2. The van der Waals surface area contributed by atoms with Crippen molar-refractivity contribution in [2.75, 3.05) is 24.6 Å². The Labute approximate surface area is 191 Å². The van der Waals surface area contributed by atoms with E-state index < -0.39 is 42.3 Å². The van der Waals surface area contributed by atoms with Gasteiger partial charge in [0.15, 0.2) is 6.04 Å². The molecule has 3 N–H and O–H groups in total. The lowest BCUT2D eigenvalue weighted by molar-refractivity contribution is -0.186. The van der Waals surface area contributed by atoms with Crippen molar-refractivity contribution in [1.29, 1.82) is 0 Å². The molecule has 3 unspecified atom stereocenters. The predicted molar refractivity (Wildman–Crippen MR) is 117 cm³/mol. The third-order valence-corrected chi connectivity index (χ3v) is 6.91. The maximum Gasteiger partial charge on any atom is 0.411 e. The summed E-state index contributed by atoms with van der Waals surface area (Å²) < 4.78 is 54.6. The first-order valence-electron chi connectivity index (χ1n) is 10.2. The third-order valence-electron chi connectivity index (χ3n) is 5.82. The zero-order chi connectivity index (χ0) is 23.8. The zero-order valence-electron chi connectivity index (χ0n) is 17.3. The van der Waals surface area contributed by atoms with E-state index in [4.69, 9.17) is 5.73 Å². The molecule has 12 heteroatoms. The number of hydrogen-bond acceptors (Lipinski definition) is 6. The van der Waals surface area contributed by atoms with E-state index in [1.54, 1.807) is 12.3 Å². The summed E-state index contributed by atoms with van der Waals surface area (Å²) in [5.41, 5.74) is 6.57. The fourth-order valence-corrected chi connectivity index (χ4v) is 5.47. The lowest BCUT2D eigenvalue weighted by atomic mass is 9.88. The number of primary amides is 1. The molecule has 176 valence electrons. The highest BCUT2D eigenvalue weighted by Gasteiger charge is 2.55. The molecule has 3 atom stereocenters. The Morgan fingerprint density at radius 1 is 1.30 bits per heavy atom. The van der Waals surface area contributed by atoms with Crippen molar-refractivity contribution in [3.05, 3.63) is 47.4 Å². The Morgan fingerprint density at radius 2 is 2.09 bits per heavy atom. The average Bonchev–Trinajstić information content (AvgIpc) is 3.32. The Kier molecular flexibility index (Phi) is 6.46. The Balaban J connectivity index is 1.43. The topological polar surface area (TPSA) is 100 Å². The maximum atomic E-state index is 13.8. The number of benzene rings is 1. The molecule has 3 heterocycles. The molecule has 7 nitrogen and oxygen atoms in total. The number of thioether (sulfide) groups is 1. The molecule has 33 heavy (non-hydrogen) atoms. The summed E-state index contributed by atoms with van der Waals surface area (Å²) in [5, 5.41) is 7.50. The molecule has 1 fully saturated rings. The van der Waals surface area contributed by atoms with Crippen molar-refractivity contribution < 1.29 is 27.2 Å². The van der Waals surface area contributed by atoms with E-state index in [9.17, 15) is 27.2 Å². The van der Waals surface area contributed by atoms with Gasteiger partial charge < -0.3 is 11.1 Å². The Hall–Kier alpha value is -2.89. The number of allylic oxidation sites excluding steroid dienone is 1. The van der Waals surface area contributed by atoms with Crippen molar-refractivity contribution in [2.24, 2.45) is 21.7 Å². The molecule has 0 aliphatic carbocycles. The van der Waals surface area contributed by atoms with Gasteiger partial charge in [0.25, 0.3) is 5.91 Å². The molecule has 3 aliphatic heterocycles. The van der Waals surface area contributed by atoms with E-state index >= 15 is 0 Å². The zero-order valence-corrected chi connectivity index (χ0v) is 18.1. The SMILES string of the molecule is NC(=O)c1cc(C2CC=CN=C2CNC(=O)CN2N=C3CSCC3C2C(F)(F)F)ccc1F. The Morgan fingerprint density at radius 3 is 2.82 bits per heavy atom. The molecule has 1 aromatic carbocycles. The number of nitrogens with two attached hydrogens (primary N) is 1. The molecular weight excluding hydrogens is 462 g/mol. The third kappa shape index (κ3) is 4.90. The Bertz CT molecular complexity index is 1060. The number of carbonyl (C=O) groups excluding carboxylic acids is 2. The normalized spacial score (nSPS) is 24.4. The second-order valence-corrected chi connectivity index (χ2v) is 9.00. The summed E-state index contributed by atoms with van der Waals surface area (Å²) >= 11 is 1.41. The van der Waals surface area contributed by atoms with E-state index in [1.807, 2.05) is 0 Å². The van der Waals surface area contributed by atoms with Crippen LogP contribution in [0, 0.1) is 11.7 Å². The van der Waals surface area contributed by atoms with Crippen LogP contribution in [0.2, 0.25) is 0 Å². The van der Waals surface area contributed by atoms with Gasteiger partial charge in [-0.05, 0) is 24.1 Å². The van der Waals surface area contributed by atoms with Crippen LogP contribution in [-0.4, -0.2) is 65.1 Å². The first kappa shape index (κ1) is 23.3. The van der Waals surface area contributed by atoms with Gasteiger partial charge in [-0.15, -0.1) is 0 Å². The fourth-order valence-electron chi connectivity index (χ4n) is 4.25. The quantitative estimate of drug-likeness (QED) is 0.607. The van der Waals surface area contributed by atoms with Gasteiger partial charge in [0.2, 0.25) is 5.91 Å². The van der Waals surface area contributed by atoms with Crippen LogP contribution in [0.3, 0.4) is 0 Å². The largest absolute Gasteiger partial charge is 0.411 e. The highest BCUT2D eigenvalue weighted by molar-refractivity contribution is 8.00. The van der Waals surface area contributed by atoms with E-state index in [-0.39, 0.29) is 18.0 Å². The second-order valence-electron chi connectivity index (χ2n) is 7.97. The number of alkyl halides is 3. The van der Waals surface area contributed by atoms with Gasteiger partial charge in [0, 0.05) is 35.3 Å². The molecule has 2 amide bonds. The molecule has 4 rings (SSSR count). The highest BCUT2D eigenvalue weighted by Crippen LogP contribution is 2.40. The van der Waals surface area contributed by atoms with Crippen molar-refractivity contribution in [2.45, 2.75) is 24.6 Å². The molecule has 0 saturated carbocycles. The fraction of sp³-hybridized carbons (Fsp3) is 0.429. The lowest BCUT2D eigenvalue weighted by Crippen LogP contribution is -2.49. The standard InChI is InChI=1S/C21H21F4N5O2S/c22-15-4-3-11(6-13(15)20(26)32)12-2-1-5-27-16(12)7-28-18(31)8-30-19(21(23,24)25)14-9-33-10-17(14)29-30/h1,3-6,12,14,19H,2,7-10H2,(H2,26,32)(H,28,31). The molecule has 0 spiro atoms. The molecule has 0 bridgehead atoms. The van der Waals surface area contributed by atoms with Gasteiger partial charge in [-0.25, -0.2) is 4.39 Å². The van der Waals surface area contributed by atoms with Gasteiger partial charge in [-0.3, -0.25) is 19.6 Å². The monoisotopic (exact) mass is 483 g/mol.